The highest BCUT2D eigenvalue weighted by Gasteiger charge is 2.24. The molecule has 0 saturated heterocycles. The normalized spacial score (nSPS) is 18.3. The predicted octanol–water partition coefficient (Wildman–Crippen LogP) is 0.519. The standard InChI is InChI=1S/C12H18N2O3/c1-12(15,8-14-13)9-3-4-10-11(7-9)17-6-2-5-16-10/h3-4,7,14-15H,2,5-6,8,13H2,1H3. The summed E-state index contributed by atoms with van der Waals surface area (Å²) in [6.07, 6.45) is 0.866. The molecule has 17 heavy (non-hydrogen) atoms. The number of hydrazine groups is 1. The third-order valence-electron chi connectivity index (χ3n) is 2.82. The summed E-state index contributed by atoms with van der Waals surface area (Å²) in [4.78, 5) is 0. The van der Waals surface area contributed by atoms with Gasteiger partial charge in [0, 0.05) is 13.0 Å². The molecule has 0 bridgehead atoms. The fraction of sp³-hybridized carbons (Fsp3) is 0.500. The SMILES string of the molecule is CC(O)(CNN)c1ccc2c(c1)OCCCO2. The minimum atomic E-state index is -1.03. The molecule has 0 saturated carbocycles. The van der Waals surface area contributed by atoms with Gasteiger partial charge in [0.25, 0.3) is 0 Å². The van der Waals surface area contributed by atoms with Crippen molar-refractivity contribution in [3.63, 3.8) is 0 Å². The van der Waals surface area contributed by atoms with Crippen molar-refractivity contribution in [3.8, 4) is 11.5 Å². The largest absolute Gasteiger partial charge is 0.490 e. The van der Waals surface area contributed by atoms with E-state index in [9.17, 15) is 5.11 Å². The third kappa shape index (κ3) is 2.69. The highest BCUT2D eigenvalue weighted by atomic mass is 16.5. The Kier molecular flexibility index (Phi) is 3.51. The van der Waals surface area contributed by atoms with Crippen molar-refractivity contribution in [3.05, 3.63) is 23.8 Å². The van der Waals surface area contributed by atoms with E-state index in [-0.39, 0.29) is 6.54 Å². The number of rotatable bonds is 3. The second-order valence-corrected chi connectivity index (χ2v) is 4.37. The van der Waals surface area contributed by atoms with Crippen molar-refractivity contribution in [1.82, 2.24) is 5.43 Å². The number of nitrogens with two attached hydrogens (primary N) is 1. The molecule has 94 valence electrons. The lowest BCUT2D eigenvalue weighted by Crippen LogP contribution is -2.38. The molecular weight excluding hydrogens is 220 g/mol. The van der Waals surface area contributed by atoms with Crippen LogP contribution in [0.25, 0.3) is 0 Å². The molecule has 1 aliphatic rings. The van der Waals surface area contributed by atoms with Gasteiger partial charge in [-0.2, -0.15) is 0 Å². The molecule has 1 heterocycles. The van der Waals surface area contributed by atoms with Crippen LogP contribution in [0.15, 0.2) is 18.2 Å². The Balaban J connectivity index is 2.29. The van der Waals surface area contributed by atoms with Crippen molar-refractivity contribution in [2.45, 2.75) is 18.9 Å². The highest BCUT2D eigenvalue weighted by Crippen LogP contribution is 2.33. The van der Waals surface area contributed by atoms with E-state index in [0.29, 0.717) is 19.0 Å². The second kappa shape index (κ2) is 4.91. The fourth-order valence-electron chi connectivity index (χ4n) is 1.80. The van der Waals surface area contributed by atoms with Gasteiger partial charge in [-0.15, -0.1) is 0 Å². The number of ether oxygens (including phenoxy) is 2. The van der Waals surface area contributed by atoms with E-state index in [4.69, 9.17) is 15.3 Å². The van der Waals surface area contributed by atoms with Crippen molar-refractivity contribution in [2.24, 2.45) is 5.84 Å². The maximum atomic E-state index is 10.2. The molecule has 4 N–H and O–H groups in total. The Labute approximate surface area is 100 Å². The van der Waals surface area contributed by atoms with E-state index in [1.165, 1.54) is 0 Å². The van der Waals surface area contributed by atoms with E-state index in [0.717, 1.165) is 17.7 Å². The van der Waals surface area contributed by atoms with Crippen molar-refractivity contribution >= 4 is 0 Å². The summed E-state index contributed by atoms with van der Waals surface area (Å²) in [5.41, 5.74) is 2.20. The molecule has 1 aliphatic heterocycles. The highest BCUT2D eigenvalue weighted by molar-refractivity contribution is 5.45. The number of benzene rings is 1. The molecule has 5 nitrogen and oxygen atoms in total. The number of hydrogen-bond donors (Lipinski definition) is 3. The molecule has 0 radical (unpaired) electrons. The molecule has 0 spiro atoms. The van der Waals surface area contributed by atoms with Crippen LogP contribution in [0.4, 0.5) is 0 Å². The molecule has 5 heteroatoms. The Morgan fingerprint density at radius 1 is 1.35 bits per heavy atom. The number of nitrogens with one attached hydrogen (secondary N) is 1. The van der Waals surface area contributed by atoms with Gasteiger partial charge < -0.3 is 14.6 Å². The first kappa shape index (κ1) is 12.2. The molecule has 1 aromatic rings. The van der Waals surface area contributed by atoms with E-state index < -0.39 is 5.60 Å². The average molecular weight is 238 g/mol. The van der Waals surface area contributed by atoms with Gasteiger partial charge in [0.1, 0.15) is 5.60 Å². The minimum Gasteiger partial charge on any atom is -0.490 e. The summed E-state index contributed by atoms with van der Waals surface area (Å²) in [5.74, 6) is 6.65. The van der Waals surface area contributed by atoms with Crippen LogP contribution in [0.3, 0.4) is 0 Å². The zero-order valence-corrected chi connectivity index (χ0v) is 9.90. The molecule has 1 unspecified atom stereocenters. The summed E-state index contributed by atoms with van der Waals surface area (Å²) < 4.78 is 11.1. The Hall–Kier alpha value is -1.30. The van der Waals surface area contributed by atoms with E-state index in [1.807, 2.05) is 12.1 Å². The smallest absolute Gasteiger partial charge is 0.161 e. The summed E-state index contributed by atoms with van der Waals surface area (Å²) >= 11 is 0. The van der Waals surface area contributed by atoms with Gasteiger partial charge in [-0.25, -0.2) is 0 Å². The lowest BCUT2D eigenvalue weighted by atomic mass is 9.96. The summed E-state index contributed by atoms with van der Waals surface area (Å²) in [7, 11) is 0. The first-order valence-corrected chi connectivity index (χ1v) is 5.69. The Bertz CT molecular complexity index is 393. The molecule has 1 aromatic carbocycles. The maximum absolute atomic E-state index is 10.2. The Morgan fingerprint density at radius 2 is 2.06 bits per heavy atom. The van der Waals surface area contributed by atoms with Crippen LogP contribution in [0.2, 0.25) is 0 Å². The summed E-state index contributed by atoms with van der Waals surface area (Å²) in [6, 6.07) is 5.45. The monoisotopic (exact) mass is 238 g/mol. The predicted molar refractivity (Wildman–Crippen MR) is 63.8 cm³/mol. The first-order chi connectivity index (χ1) is 8.13. The molecular formula is C12H18N2O3. The first-order valence-electron chi connectivity index (χ1n) is 5.69. The minimum absolute atomic E-state index is 0.270. The van der Waals surface area contributed by atoms with Gasteiger partial charge >= 0.3 is 0 Å². The van der Waals surface area contributed by atoms with Crippen LogP contribution >= 0.6 is 0 Å². The maximum Gasteiger partial charge on any atom is 0.161 e. The zero-order chi connectivity index (χ0) is 12.3. The van der Waals surface area contributed by atoms with Crippen LogP contribution in [0.1, 0.15) is 18.9 Å². The molecule has 2 rings (SSSR count). The third-order valence-corrected chi connectivity index (χ3v) is 2.82. The van der Waals surface area contributed by atoms with Crippen molar-refractivity contribution < 1.29 is 14.6 Å². The Morgan fingerprint density at radius 3 is 2.76 bits per heavy atom. The van der Waals surface area contributed by atoms with Gasteiger partial charge in [0.2, 0.25) is 0 Å². The lowest BCUT2D eigenvalue weighted by molar-refractivity contribution is 0.0569. The van der Waals surface area contributed by atoms with Crippen molar-refractivity contribution in [1.29, 1.82) is 0 Å². The van der Waals surface area contributed by atoms with Gasteiger partial charge in [0.15, 0.2) is 11.5 Å². The van der Waals surface area contributed by atoms with Gasteiger partial charge in [-0.05, 0) is 24.6 Å². The lowest BCUT2D eigenvalue weighted by Gasteiger charge is -2.24. The summed E-state index contributed by atoms with van der Waals surface area (Å²) in [6.45, 7) is 3.26. The fourth-order valence-corrected chi connectivity index (χ4v) is 1.80. The molecule has 0 amide bonds. The van der Waals surface area contributed by atoms with E-state index in [2.05, 4.69) is 5.43 Å². The number of fused-ring (bicyclic) bond motifs is 1. The second-order valence-electron chi connectivity index (χ2n) is 4.37. The quantitative estimate of drug-likeness (QED) is 0.528. The van der Waals surface area contributed by atoms with E-state index >= 15 is 0 Å². The van der Waals surface area contributed by atoms with Crippen molar-refractivity contribution in [2.75, 3.05) is 19.8 Å². The number of aliphatic hydroxyl groups is 1. The average Bonchev–Trinajstić information content (AvgIpc) is 2.52. The van der Waals surface area contributed by atoms with Gasteiger partial charge in [0.05, 0.1) is 13.2 Å². The van der Waals surface area contributed by atoms with Crippen LogP contribution in [-0.2, 0) is 5.60 Å². The van der Waals surface area contributed by atoms with Crippen LogP contribution in [0.5, 0.6) is 11.5 Å². The molecule has 0 aliphatic carbocycles. The van der Waals surface area contributed by atoms with Gasteiger partial charge in [-0.1, -0.05) is 6.07 Å². The molecule has 1 atom stereocenters. The number of hydrogen-bond acceptors (Lipinski definition) is 5. The molecule has 0 aromatic heterocycles. The van der Waals surface area contributed by atoms with E-state index in [1.54, 1.807) is 13.0 Å². The summed E-state index contributed by atoms with van der Waals surface area (Å²) in [5, 5.41) is 10.2. The van der Waals surface area contributed by atoms with Crippen LogP contribution in [-0.4, -0.2) is 24.9 Å². The topological polar surface area (TPSA) is 76.7 Å². The zero-order valence-electron chi connectivity index (χ0n) is 9.90. The molecule has 0 fully saturated rings. The van der Waals surface area contributed by atoms with Gasteiger partial charge in [-0.3, -0.25) is 11.3 Å². The van der Waals surface area contributed by atoms with Crippen LogP contribution in [0, 0.1) is 0 Å². The van der Waals surface area contributed by atoms with Crippen LogP contribution < -0.4 is 20.7 Å².